The number of sulfonamides is 1. The van der Waals surface area contributed by atoms with Crippen LogP contribution in [0.25, 0.3) is 0 Å². The first-order valence-corrected chi connectivity index (χ1v) is 7.34. The van der Waals surface area contributed by atoms with Gasteiger partial charge in [0.1, 0.15) is 0 Å². The summed E-state index contributed by atoms with van der Waals surface area (Å²) in [5.41, 5.74) is 0. The third-order valence-electron chi connectivity index (χ3n) is 2.04. The Kier molecular flexibility index (Phi) is 4.25. The van der Waals surface area contributed by atoms with Gasteiger partial charge < -0.3 is 0 Å². The molecule has 1 rings (SSSR count). The summed E-state index contributed by atoms with van der Waals surface area (Å²) in [6, 6.07) is 0. The Hall–Kier alpha value is 0.640. The zero-order valence-corrected chi connectivity index (χ0v) is 9.97. The van der Waals surface area contributed by atoms with E-state index in [0.717, 1.165) is 25.9 Å². The van der Waals surface area contributed by atoms with Crippen molar-refractivity contribution < 1.29 is 8.42 Å². The van der Waals surface area contributed by atoms with Crippen LogP contribution < -0.4 is 0 Å². The summed E-state index contributed by atoms with van der Waals surface area (Å²) in [6.45, 7) is 1.47. The zero-order chi connectivity index (χ0) is 9.03. The molecule has 0 N–H and O–H groups in total. The van der Waals surface area contributed by atoms with Gasteiger partial charge in [-0.25, -0.2) is 12.7 Å². The number of hydrogen-bond donors (Lipinski definition) is 0. The zero-order valence-electron chi connectivity index (χ0n) is 7.00. The van der Waals surface area contributed by atoms with E-state index < -0.39 is 10.0 Å². The molecule has 0 aromatic heterocycles. The minimum absolute atomic E-state index is 0.299. The fraction of sp³-hybridized carbons (Fsp3) is 1.00. The predicted octanol–water partition coefficient (Wildman–Crippen LogP) is 1.24. The van der Waals surface area contributed by atoms with Crippen molar-refractivity contribution in [2.75, 3.05) is 23.3 Å². The summed E-state index contributed by atoms with van der Waals surface area (Å²) in [5.74, 6) is 0.299. The lowest BCUT2D eigenvalue weighted by atomic mass is 10.2. The van der Waals surface area contributed by atoms with Crippen molar-refractivity contribution in [1.29, 1.82) is 0 Å². The highest BCUT2D eigenvalue weighted by atomic mass is 127. The predicted molar refractivity (Wildman–Crippen MR) is 58.1 cm³/mol. The Morgan fingerprint density at radius 3 is 2.25 bits per heavy atom. The third-order valence-corrected chi connectivity index (χ3v) is 5.19. The quantitative estimate of drug-likeness (QED) is 0.581. The van der Waals surface area contributed by atoms with Crippen LogP contribution in [0.5, 0.6) is 0 Å². The highest BCUT2D eigenvalue weighted by molar-refractivity contribution is 14.1. The van der Waals surface area contributed by atoms with Crippen molar-refractivity contribution in [2.24, 2.45) is 0 Å². The van der Waals surface area contributed by atoms with Gasteiger partial charge in [-0.15, -0.1) is 0 Å². The first-order chi connectivity index (χ1) is 5.67. The largest absolute Gasteiger partial charge is 0.214 e. The number of halogens is 1. The molecule has 0 atom stereocenters. The molecule has 0 aromatic rings. The number of piperidine rings is 1. The topological polar surface area (TPSA) is 37.4 Å². The Morgan fingerprint density at radius 1 is 1.17 bits per heavy atom. The first kappa shape index (κ1) is 10.7. The molecule has 1 aliphatic rings. The van der Waals surface area contributed by atoms with E-state index in [0.29, 0.717) is 10.2 Å². The van der Waals surface area contributed by atoms with Crippen molar-refractivity contribution in [3.8, 4) is 0 Å². The van der Waals surface area contributed by atoms with Crippen molar-refractivity contribution in [2.45, 2.75) is 19.3 Å². The summed E-state index contributed by atoms with van der Waals surface area (Å²) in [7, 11) is -2.91. The van der Waals surface area contributed by atoms with Crippen molar-refractivity contribution in [1.82, 2.24) is 4.31 Å². The van der Waals surface area contributed by atoms with Gasteiger partial charge in [-0.1, -0.05) is 29.0 Å². The summed E-state index contributed by atoms with van der Waals surface area (Å²) in [6.07, 6.45) is 3.23. The van der Waals surface area contributed by atoms with E-state index in [9.17, 15) is 8.42 Å². The molecule has 0 amide bonds. The van der Waals surface area contributed by atoms with Crippen LogP contribution in [-0.4, -0.2) is 36.0 Å². The Bertz CT molecular complexity index is 222. The third kappa shape index (κ3) is 2.85. The monoisotopic (exact) mass is 303 g/mol. The normalized spacial score (nSPS) is 21.1. The fourth-order valence-electron chi connectivity index (χ4n) is 1.37. The van der Waals surface area contributed by atoms with Gasteiger partial charge in [0.05, 0.1) is 5.75 Å². The molecule has 1 aliphatic heterocycles. The number of alkyl halides is 1. The molecule has 12 heavy (non-hydrogen) atoms. The minimum Gasteiger partial charge on any atom is -0.212 e. The molecule has 72 valence electrons. The average Bonchev–Trinajstić information content (AvgIpc) is 2.06. The van der Waals surface area contributed by atoms with Crippen LogP contribution >= 0.6 is 22.6 Å². The summed E-state index contributed by atoms with van der Waals surface area (Å²) < 4.78 is 25.3. The van der Waals surface area contributed by atoms with Gasteiger partial charge in [0.15, 0.2) is 0 Å². The molecule has 0 spiro atoms. The van der Waals surface area contributed by atoms with Crippen LogP contribution in [0, 0.1) is 0 Å². The van der Waals surface area contributed by atoms with E-state index in [4.69, 9.17) is 0 Å². The molecule has 1 saturated heterocycles. The summed E-state index contributed by atoms with van der Waals surface area (Å²) >= 11 is 2.10. The molecule has 0 radical (unpaired) electrons. The molecule has 0 saturated carbocycles. The van der Waals surface area contributed by atoms with Crippen LogP contribution in [-0.2, 0) is 10.0 Å². The number of rotatable bonds is 3. The Balaban J connectivity index is 2.54. The SMILES string of the molecule is O=S(=O)(CCI)N1CCCCC1. The maximum absolute atomic E-state index is 11.5. The first-order valence-electron chi connectivity index (χ1n) is 4.20. The van der Waals surface area contributed by atoms with Gasteiger partial charge in [0.2, 0.25) is 10.0 Å². The number of nitrogens with zero attached hydrogens (tertiary/aromatic N) is 1. The molecule has 1 fully saturated rings. The Morgan fingerprint density at radius 2 is 1.75 bits per heavy atom. The molecule has 0 bridgehead atoms. The molecule has 3 nitrogen and oxygen atoms in total. The lowest BCUT2D eigenvalue weighted by molar-refractivity contribution is 0.347. The van der Waals surface area contributed by atoms with Crippen LogP contribution in [0.4, 0.5) is 0 Å². The second-order valence-electron chi connectivity index (χ2n) is 2.96. The molecule has 1 heterocycles. The molecular formula is C7H14INO2S. The van der Waals surface area contributed by atoms with Crippen LogP contribution in [0.1, 0.15) is 19.3 Å². The van der Waals surface area contributed by atoms with E-state index in [1.165, 1.54) is 6.42 Å². The van der Waals surface area contributed by atoms with Gasteiger partial charge >= 0.3 is 0 Å². The van der Waals surface area contributed by atoms with Gasteiger partial charge in [0, 0.05) is 17.5 Å². The van der Waals surface area contributed by atoms with Crippen LogP contribution in [0.3, 0.4) is 0 Å². The lowest BCUT2D eigenvalue weighted by Gasteiger charge is -2.25. The molecular weight excluding hydrogens is 289 g/mol. The smallest absolute Gasteiger partial charge is 0.212 e. The van der Waals surface area contributed by atoms with Crippen LogP contribution in [0.2, 0.25) is 0 Å². The highest BCUT2D eigenvalue weighted by Crippen LogP contribution is 2.13. The van der Waals surface area contributed by atoms with Crippen molar-refractivity contribution in [3.63, 3.8) is 0 Å². The average molecular weight is 303 g/mol. The standard InChI is InChI=1S/C7H14INO2S/c8-4-7-12(10,11)9-5-2-1-3-6-9/h1-7H2. The van der Waals surface area contributed by atoms with E-state index in [1.54, 1.807) is 4.31 Å². The highest BCUT2D eigenvalue weighted by Gasteiger charge is 2.22. The second-order valence-corrected chi connectivity index (χ2v) is 6.13. The second kappa shape index (κ2) is 4.76. The van der Waals surface area contributed by atoms with Gasteiger partial charge in [-0.2, -0.15) is 0 Å². The van der Waals surface area contributed by atoms with Crippen LogP contribution in [0.15, 0.2) is 0 Å². The molecule has 5 heteroatoms. The molecule has 0 aliphatic carbocycles. The lowest BCUT2D eigenvalue weighted by Crippen LogP contribution is -2.37. The van der Waals surface area contributed by atoms with E-state index >= 15 is 0 Å². The fourth-order valence-corrected chi connectivity index (χ4v) is 4.31. The van der Waals surface area contributed by atoms with E-state index in [1.807, 2.05) is 0 Å². The van der Waals surface area contributed by atoms with E-state index in [2.05, 4.69) is 22.6 Å². The minimum atomic E-state index is -2.91. The van der Waals surface area contributed by atoms with Gasteiger partial charge in [-0.05, 0) is 12.8 Å². The maximum atomic E-state index is 11.5. The van der Waals surface area contributed by atoms with Gasteiger partial charge in [0.25, 0.3) is 0 Å². The number of hydrogen-bond acceptors (Lipinski definition) is 2. The van der Waals surface area contributed by atoms with Crippen molar-refractivity contribution >= 4 is 32.6 Å². The molecule has 0 aromatic carbocycles. The maximum Gasteiger partial charge on any atom is 0.214 e. The summed E-state index contributed by atoms with van der Waals surface area (Å²) in [4.78, 5) is 0. The van der Waals surface area contributed by atoms with E-state index in [-0.39, 0.29) is 0 Å². The van der Waals surface area contributed by atoms with Crippen molar-refractivity contribution in [3.05, 3.63) is 0 Å². The Labute approximate surface area is 87.7 Å². The van der Waals surface area contributed by atoms with Gasteiger partial charge in [-0.3, -0.25) is 0 Å². The molecule has 0 unspecified atom stereocenters. The summed E-state index contributed by atoms with van der Waals surface area (Å²) in [5, 5.41) is 0.